The van der Waals surface area contributed by atoms with Crippen molar-refractivity contribution >= 4 is 15.9 Å². The van der Waals surface area contributed by atoms with E-state index in [9.17, 15) is 4.39 Å². The smallest absolute Gasteiger partial charge is 0.131 e. The second-order valence-electron chi connectivity index (χ2n) is 4.74. The van der Waals surface area contributed by atoms with Crippen LogP contribution in [0.3, 0.4) is 0 Å². The van der Waals surface area contributed by atoms with Gasteiger partial charge in [-0.15, -0.1) is 0 Å². The summed E-state index contributed by atoms with van der Waals surface area (Å²) in [6.45, 7) is 4.91. The fraction of sp³-hybridized carbons (Fsp3) is 0.267. The molecule has 0 aliphatic heterocycles. The molecule has 100 valence electrons. The van der Waals surface area contributed by atoms with Gasteiger partial charge in [-0.05, 0) is 29.8 Å². The van der Waals surface area contributed by atoms with Crippen LogP contribution in [0.1, 0.15) is 19.4 Å². The van der Waals surface area contributed by atoms with E-state index < -0.39 is 0 Å². The lowest BCUT2D eigenvalue weighted by Gasteiger charge is -2.09. The summed E-state index contributed by atoms with van der Waals surface area (Å²) in [5.41, 5.74) is 2.40. The molecule has 0 aliphatic rings. The van der Waals surface area contributed by atoms with Gasteiger partial charge in [-0.3, -0.25) is 4.98 Å². The SMILES string of the molecule is CC(C)NCc1cncc(-c2cc(Br)ccc2F)c1. The molecule has 2 aromatic rings. The summed E-state index contributed by atoms with van der Waals surface area (Å²) in [5.74, 6) is -0.237. The Bertz CT molecular complexity index is 570. The molecule has 2 rings (SSSR count). The molecule has 2 nitrogen and oxygen atoms in total. The molecule has 0 fully saturated rings. The Morgan fingerprint density at radius 1 is 1.26 bits per heavy atom. The van der Waals surface area contributed by atoms with Crippen LogP contribution >= 0.6 is 15.9 Å². The predicted molar refractivity (Wildman–Crippen MR) is 79.3 cm³/mol. The Kier molecular flexibility index (Phi) is 4.66. The molecule has 0 atom stereocenters. The number of nitrogens with one attached hydrogen (secondary N) is 1. The number of hydrogen-bond donors (Lipinski definition) is 1. The van der Waals surface area contributed by atoms with Crippen LogP contribution in [0.5, 0.6) is 0 Å². The van der Waals surface area contributed by atoms with Gasteiger partial charge in [0, 0.05) is 40.6 Å². The summed E-state index contributed by atoms with van der Waals surface area (Å²) >= 11 is 3.36. The molecule has 1 aromatic heterocycles. The van der Waals surface area contributed by atoms with E-state index in [1.165, 1.54) is 6.07 Å². The lowest BCUT2D eigenvalue weighted by atomic mass is 10.1. The Labute approximate surface area is 121 Å². The number of aromatic nitrogens is 1. The molecule has 0 saturated carbocycles. The largest absolute Gasteiger partial charge is 0.310 e. The van der Waals surface area contributed by atoms with Gasteiger partial charge in [0.05, 0.1) is 0 Å². The van der Waals surface area contributed by atoms with E-state index in [1.807, 2.05) is 6.07 Å². The lowest BCUT2D eigenvalue weighted by Crippen LogP contribution is -2.21. The van der Waals surface area contributed by atoms with Crippen molar-refractivity contribution < 1.29 is 4.39 Å². The van der Waals surface area contributed by atoms with E-state index in [0.717, 1.165) is 22.1 Å². The average molecular weight is 323 g/mol. The number of halogens is 2. The Morgan fingerprint density at radius 2 is 2.05 bits per heavy atom. The van der Waals surface area contributed by atoms with Gasteiger partial charge >= 0.3 is 0 Å². The quantitative estimate of drug-likeness (QED) is 0.914. The lowest BCUT2D eigenvalue weighted by molar-refractivity contribution is 0.588. The van der Waals surface area contributed by atoms with Gasteiger partial charge in [-0.1, -0.05) is 29.8 Å². The van der Waals surface area contributed by atoms with Crippen LogP contribution in [0.25, 0.3) is 11.1 Å². The second kappa shape index (κ2) is 6.26. The molecule has 0 unspecified atom stereocenters. The summed E-state index contributed by atoms with van der Waals surface area (Å²) in [6.07, 6.45) is 3.48. The third-order valence-corrected chi connectivity index (χ3v) is 3.24. The molecule has 1 N–H and O–H groups in total. The summed E-state index contributed by atoms with van der Waals surface area (Å²) in [7, 11) is 0. The molecule has 0 radical (unpaired) electrons. The van der Waals surface area contributed by atoms with Crippen molar-refractivity contribution in [2.45, 2.75) is 26.4 Å². The van der Waals surface area contributed by atoms with Gasteiger partial charge in [0.25, 0.3) is 0 Å². The first-order valence-corrected chi connectivity index (χ1v) is 6.98. The Balaban J connectivity index is 2.29. The number of hydrogen-bond acceptors (Lipinski definition) is 2. The average Bonchev–Trinajstić information content (AvgIpc) is 2.39. The molecule has 0 bridgehead atoms. The van der Waals surface area contributed by atoms with Crippen LogP contribution in [0.2, 0.25) is 0 Å². The minimum atomic E-state index is -0.237. The van der Waals surface area contributed by atoms with Gasteiger partial charge in [0.1, 0.15) is 5.82 Å². The third kappa shape index (κ3) is 3.85. The molecule has 0 amide bonds. The van der Waals surface area contributed by atoms with Crippen LogP contribution in [0, 0.1) is 5.82 Å². The summed E-state index contributed by atoms with van der Waals surface area (Å²) in [6, 6.07) is 7.29. The van der Waals surface area contributed by atoms with E-state index in [2.05, 4.69) is 40.1 Å². The number of rotatable bonds is 4. The molecule has 0 saturated heterocycles. The maximum atomic E-state index is 13.8. The maximum Gasteiger partial charge on any atom is 0.131 e. The van der Waals surface area contributed by atoms with Crippen molar-refractivity contribution in [1.29, 1.82) is 0 Å². The van der Waals surface area contributed by atoms with Crippen molar-refractivity contribution in [3.05, 3.63) is 52.5 Å². The molecule has 1 heterocycles. The molecule has 0 aliphatic carbocycles. The highest BCUT2D eigenvalue weighted by atomic mass is 79.9. The molecular formula is C15H16BrFN2. The molecule has 4 heteroatoms. The van der Waals surface area contributed by atoms with Crippen molar-refractivity contribution in [1.82, 2.24) is 10.3 Å². The van der Waals surface area contributed by atoms with Gasteiger partial charge in [0.15, 0.2) is 0 Å². The van der Waals surface area contributed by atoms with Gasteiger partial charge in [-0.25, -0.2) is 4.39 Å². The Morgan fingerprint density at radius 3 is 2.79 bits per heavy atom. The molecule has 1 aromatic carbocycles. The minimum absolute atomic E-state index is 0.237. The van der Waals surface area contributed by atoms with Crippen LogP contribution < -0.4 is 5.32 Å². The standard InChI is InChI=1S/C15H16BrFN2/c1-10(2)19-8-11-5-12(9-18-7-11)14-6-13(16)3-4-15(14)17/h3-7,9-10,19H,8H2,1-2H3. The number of benzene rings is 1. The third-order valence-electron chi connectivity index (χ3n) is 2.75. The first kappa shape index (κ1) is 14.2. The predicted octanol–water partition coefficient (Wildman–Crippen LogP) is 4.15. The van der Waals surface area contributed by atoms with Gasteiger partial charge < -0.3 is 5.32 Å². The fourth-order valence-electron chi connectivity index (χ4n) is 1.77. The van der Waals surface area contributed by atoms with Gasteiger partial charge in [-0.2, -0.15) is 0 Å². The van der Waals surface area contributed by atoms with Crippen LogP contribution in [0.4, 0.5) is 4.39 Å². The van der Waals surface area contributed by atoms with E-state index in [1.54, 1.807) is 24.5 Å². The van der Waals surface area contributed by atoms with E-state index in [0.29, 0.717) is 11.6 Å². The summed E-state index contributed by atoms with van der Waals surface area (Å²) in [5, 5.41) is 3.32. The first-order chi connectivity index (χ1) is 9.06. The molecule has 0 spiro atoms. The fourth-order valence-corrected chi connectivity index (χ4v) is 2.13. The highest BCUT2D eigenvalue weighted by Gasteiger charge is 2.07. The summed E-state index contributed by atoms with van der Waals surface area (Å²) < 4.78 is 14.7. The van der Waals surface area contributed by atoms with Crippen LogP contribution in [0.15, 0.2) is 41.1 Å². The highest BCUT2D eigenvalue weighted by molar-refractivity contribution is 9.10. The highest BCUT2D eigenvalue weighted by Crippen LogP contribution is 2.26. The topological polar surface area (TPSA) is 24.9 Å². The van der Waals surface area contributed by atoms with E-state index in [-0.39, 0.29) is 5.82 Å². The minimum Gasteiger partial charge on any atom is -0.310 e. The molecule has 19 heavy (non-hydrogen) atoms. The zero-order valence-corrected chi connectivity index (χ0v) is 12.5. The number of pyridine rings is 1. The maximum absolute atomic E-state index is 13.8. The second-order valence-corrected chi connectivity index (χ2v) is 5.66. The first-order valence-electron chi connectivity index (χ1n) is 6.19. The van der Waals surface area contributed by atoms with Crippen LogP contribution in [-0.2, 0) is 6.54 Å². The van der Waals surface area contributed by atoms with Crippen molar-refractivity contribution in [2.24, 2.45) is 0 Å². The van der Waals surface area contributed by atoms with Gasteiger partial charge in [0.2, 0.25) is 0 Å². The number of nitrogens with zero attached hydrogens (tertiary/aromatic N) is 1. The Hall–Kier alpha value is -1.26. The van der Waals surface area contributed by atoms with Crippen molar-refractivity contribution in [2.75, 3.05) is 0 Å². The van der Waals surface area contributed by atoms with E-state index in [4.69, 9.17) is 0 Å². The van der Waals surface area contributed by atoms with Crippen molar-refractivity contribution in [3.63, 3.8) is 0 Å². The molecular weight excluding hydrogens is 307 g/mol. The normalized spacial score (nSPS) is 11.0. The zero-order chi connectivity index (χ0) is 13.8. The zero-order valence-electron chi connectivity index (χ0n) is 11.0. The summed E-state index contributed by atoms with van der Waals surface area (Å²) in [4.78, 5) is 4.19. The van der Waals surface area contributed by atoms with E-state index >= 15 is 0 Å². The monoisotopic (exact) mass is 322 g/mol. The van der Waals surface area contributed by atoms with Crippen molar-refractivity contribution in [3.8, 4) is 11.1 Å². The van der Waals surface area contributed by atoms with Crippen LogP contribution in [-0.4, -0.2) is 11.0 Å².